The van der Waals surface area contributed by atoms with Crippen LogP contribution in [0.15, 0.2) is 59.7 Å². The lowest BCUT2D eigenvalue weighted by atomic mass is 10.1. The van der Waals surface area contributed by atoms with Crippen LogP contribution in [-0.4, -0.2) is 38.8 Å². The Kier molecular flexibility index (Phi) is 4.78. The number of benzene rings is 1. The van der Waals surface area contributed by atoms with Gasteiger partial charge in [-0.05, 0) is 29.8 Å². The van der Waals surface area contributed by atoms with Crippen LogP contribution < -0.4 is 10.9 Å². The summed E-state index contributed by atoms with van der Waals surface area (Å²) in [5.74, 6) is 0.576. The highest BCUT2D eigenvalue weighted by Crippen LogP contribution is 2.18. The zero-order valence-electron chi connectivity index (χ0n) is 14.5. The molecule has 2 atom stereocenters. The van der Waals surface area contributed by atoms with Gasteiger partial charge in [-0.1, -0.05) is 12.1 Å². The molecule has 8 heteroatoms. The molecule has 2 aromatic heterocycles. The summed E-state index contributed by atoms with van der Waals surface area (Å²) in [6.07, 6.45) is 3.44. The number of nitrogens with zero attached hydrogens (tertiary/aromatic N) is 5. The van der Waals surface area contributed by atoms with Gasteiger partial charge < -0.3 is 10.1 Å². The minimum absolute atomic E-state index is 0.0613. The standard InChI is InChI=1S/C19H18N6O2/c20-10-14-3-1-4-15(9-14)11-21-16-12-27-13-17(16)25-19(26)6-5-18(23-25)24-8-2-7-22-24/h1-9,16-17,21H,11-13H2. The van der Waals surface area contributed by atoms with E-state index in [0.29, 0.717) is 31.1 Å². The fourth-order valence-electron chi connectivity index (χ4n) is 3.16. The predicted molar refractivity (Wildman–Crippen MR) is 97.3 cm³/mol. The van der Waals surface area contributed by atoms with Crippen molar-refractivity contribution in [3.8, 4) is 11.9 Å². The van der Waals surface area contributed by atoms with Gasteiger partial charge in [0, 0.05) is 25.0 Å². The molecular formula is C19H18N6O2. The summed E-state index contributed by atoms with van der Waals surface area (Å²) in [7, 11) is 0. The van der Waals surface area contributed by atoms with Crippen molar-refractivity contribution < 1.29 is 4.74 Å². The Balaban J connectivity index is 1.54. The molecule has 136 valence electrons. The summed E-state index contributed by atoms with van der Waals surface area (Å²) < 4.78 is 8.68. The highest BCUT2D eigenvalue weighted by molar-refractivity contribution is 5.32. The van der Waals surface area contributed by atoms with Gasteiger partial charge in [-0.15, -0.1) is 5.10 Å². The Morgan fingerprint density at radius 1 is 1.26 bits per heavy atom. The first-order valence-corrected chi connectivity index (χ1v) is 8.64. The first-order valence-electron chi connectivity index (χ1n) is 8.64. The second kappa shape index (κ2) is 7.53. The number of rotatable bonds is 5. The highest BCUT2D eigenvalue weighted by Gasteiger charge is 2.31. The summed E-state index contributed by atoms with van der Waals surface area (Å²) in [5, 5.41) is 21.1. The zero-order chi connectivity index (χ0) is 18.6. The van der Waals surface area contributed by atoms with E-state index in [0.717, 1.165) is 5.56 Å². The summed E-state index contributed by atoms with van der Waals surface area (Å²) >= 11 is 0. The number of aromatic nitrogens is 4. The van der Waals surface area contributed by atoms with Gasteiger partial charge in [0.1, 0.15) is 0 Å². The molecule has 0 radical (unpaired) electrons. The molecule has 3 aromatic rings. The lowest BCUT2D eigenvalue weighted by molar-refractivity contribution is 0.180. The minimum atomic E-state index is -0.216. The third-order valence-corrected chi connectivity index (χ3v) is 4.54. The lowest BCUT2D eigenvalue weighted by Gasteiger charge is -2.20. The van der Waals surface area contributed by atoms with E-state index in [1.165, 1.54) is 10.7 Å². The summed E-state index contributed by atoms with van der Waals surface area (Å²) in [5.41, 5.74) is 1.45. The number of nitriles is 1. The van der Waals surface area contributed by atoms with Crippen molar-refractivity contribution in [2.75, 3.05) is 13.2 Å². The van der Waals surface area contributed by atoms with Crippen LogP contribution in [0.25, 0.3) is 5.82 Å². The van der Waals surface area contributed by atoms with Crippen LogP contribution in [0, 0.1) is 11.3 Å². The number of hydrogen-bond acceptors (Lipinski definition) is 6. The van der Waals surface area contributed by atoms with Gasteiger partial charge >= 0.3 is 0 Å². The van der Waals surface area contributed by atoms with E-state index in [1.54, 1.807) is 35.3 Å². The van der Waals surface area contributed by atoms with E-state index in [1.807, 2.05) is 18.2 Å². The first-order chi connectivity index (χ1) is 13.2. The maximum atomic E-state index is 12.4. The third-order valence-electron chi connectivity index (χ3n) is 4.54. The summed E-state index contributed by atoms with van der Waals surface area (Å²) in [6, 6.07) is 14.3. The van der Waals surface area contributed by atoms with E-state index in [9.17, 15) is 4.79 Å². The predicted octanol–water partition coefficient (Wildman–Crippen LogP) is 1.03. The van der Waals surface area contributed by atoms with Crippen LogP contribution >= 0.6 is 0 Å². The molecule has 27 heavy (non-hydrogen) atoms. The van der Waals surface area contributed by atoms with Crippen molar-refractivity contribution in [1.29, 1.82) is 5.26 Å². The first kappa shape index (κ1) is 17.1. The van der Waals surface area contributed by atoms with Crippen molar-refractivity contribution in [1.82, 2.24) is 24.9 Å². The van der Waals surface area contributed by atoms with Gasteiger partial charge in [-0.2, -0.15) is 10.4 Å². The van der Waals surface area contributed by atoms with Crippen molar-refractivity contribution in [3.63, 3.8) is 0 Å². The number of nitrogens with one attached hydrogen (secondary N) is 1. The van der Waals surface area contributed by atoms with E-state index in [2.05, 4.69) is 21.6 Å². The Labute approximate surface area is 155 Å². The molecule has 1 fully saturated rings. The van der Waals surface area contributed by atoms with E-state index >= 15 is 0 Å². The van der Waals surface area contributed by atoms with Crippen LogP contribution in [0.2, 0.25) is 0 Å². The SMILES string of the molecule is N#Cc1cccc(CNC2COCC2n2nc(-n3cccn3)ccc2=O)c1. The maximum Gasteiger partial charge on any atom is 0.267 e. The van der Waals surface area contributed by atoms with Crippen LogP contribution in [0.4, 0.5) is 0 Å². The molecular weight excluding hydrogens is 344 g/mol. The van der Waals surface area contributed by atoms with Crippen LogP contribution in [0.3, 0.4) is 0 Å². The third kappa shape index (κ3) is 3.65. The minimum Gasteiger partial charge on any atom is -0.377 e. The van der Waals surface area contributed by atoms with Crippen molar-refractivity contribution in [2.24, 2.45) is 0 Å². The maximum absolute atomic E-state index is 12.4. The van der Waals surface area contributed by atoms with E-state index in [-0.39, 0.29) is 17.6 Å². The molecule has 1 aliphatic heterocycles. The van der Waals surface area contributed by atoms with Gasteiger partial charge in [0.05, 0.1) is 36.9 Å². The molecule has 0 spiro atoms. The lowest BCUT2D eigenvalue weighted by Crippen LogP contribution is -2.41. The van der Waals surface area contributed by atoms with E-state index < -0.39 is 0 Å². The zero-order valence-corrected chi connectivity index (χ0v) is 14.5. The molecule has 8 nitrogen and oxygen atoms in total. The van der Waals surface area contributed by atoms with Crippen LogP contribution in [0.5, 0.6) is 0 Å². The van der Waals surface area contributed by atoms with Gasteiger partial charge in [0.15, 0.2) is 5.82 Å². The van der Waals surface area contributed by atoms with Gasteiger partial charge in [0.2, 0.25) is 0 Å². The summed E-state index contributed by atoms with van der Waals surface area (Å²) in [4.78, 5) is 12.4. The molecule has 1 aromatic carbocycles. The molecule has 1 N–H and O–H groups in total. The average molecular weight is 362 g/mol. The number of hydrogen-bond donors (Lipinski definition) is 1. The Bertz CT molecular complexity index is 1020. The largest absolute Gasteiger partial charge is 0.377 e. The Hall–Kier alpha value is -3.28. The van der Waals surface area contributed by atoms with Crippen LogP contribution in [-0.2, 0) is 11.3 Å². The normalized spacial score (nSPS) is 19.1. The molecule has 4 rings (SSSR count). The summed E-state index contributed by atoms with van der Waals surface area (Å²) in [6.45, 7) is 1.47. The highest BCUT2D eigenvalue weighted by atomic mass is 16.5. The fourth-order valence-corrected chi connectivity index (χ4v) is 3.16. The second-order valence-corrected chi connectivity index (χ2v) is 6.33. The van der Waals surface area contributed by atoms with Gasteiger partial charge in [0.25, 0.3) is 5.56 Å². The fraction of sp³-hybridized carbons (Fsp3) is 0.263. The second-order valence-electron chi connectivity index (χ2n) is 6.33. The van der Waals surface area contributed by atoms with Gasteiger partial charge in [-0.3, -0.25) is 4.79 Å². The molecule has 2 unspecified atom stereocenters. The van der Waals surface area contributed by atoms with Crippen molar-refractivity contribution >= 4 is 0 Å². The molecule has 0 aliphatic carbocycles. The molecule has 1 saturated heterocycles. The molecule has 3 heterocycles. The van der Waals surface area contributed by atoms with Gasteiger partial charge in [-0.25, -0.2) is 9.36 Å². The van der Waals surface area contributed by atoms with Crippen molar-refractivity contribution in [3.05, 3.63) is 76.3 Å². The average Bonchev–Trinajstić information content (AvgIpc) is 3.39. The topological polar surface area (TPSA) is 97.8 Å². The Morgan fingerprint density at radius 2 is 2.19 bits per heavy atom. The monoisotopic (exact) mass is 362 g/mol. The quantitative estimate of drug-likeness (QED) is 0.728. The van der Waals surface area contributed by atoms with E-state index in [4.69, 9.17) is 10.00 Å². The molecule has 0 bridgehead atoms. The van der Waals surface area contributed by atoms with Crippen molar-refractivity contribution in [2.45, 2.75) is 18.6 Å². The molecule has 0 amide bonds. The smallest absolute Gasteiger partial charge is 0.267 e. The number of ether oxygens (including phenoxy) is 1. The Morgan fingerprint density at radius 3 is 3.00 bits per heavy atom. The van der Waals surface area contributed by atoms with Crippen LogP contribution in [0.1, 0.15) is 17.2 Å². The molecule has 0 saturated carbocycles. The molecule has 1 aliphatic rings.